The van der Waals surface area contributed by atoms with Gasteiger partial charge in [-0.3, -0.25) is 14.6 Å². The second kappa shape index (κ2) is 6.04. The number of pyridine rings is 1. The first-order valence-corrected chi connectivity index (χ1v) is 6.39. The number of carbonyl (C=O) groups is 2. The zero-order valence-corrected chi connectivity index (χ0v) is 11.5. The van der Waals surface area contributed by atoms with Crippen molar-refractivity contribution in [1.29, 1.82) is 0 Å². The summed E-state index contributed by atoms with van der Waals surface area (Å²) >= 11 is 0. The highest BCUT2D eigenvalue weighted by Crippen LogP contribution is 2.20. The molecule has 108 valence electrons. The van der Waals surface area contributed by atoms with Gasteiger partial charge in [-0.25, -0.2) is 0 Å². The summed E-state index contributed by atoms with van der Waals surface area (Å²) in [6.45, 7) is 1.92. The Morgan fingerprint density at radius 1 is 1.10 bits per heavy atom. The van der Waals surface area contributed by atoms with E-state index in [0.29, 0.717) is 5.69 Å². The second-order valence-corrected chi connectivity index (χ2v) is 4.65. The standard InChI is InChI=1S/C15H16N4O2/c1-9(13-4-2-3-5-18-13)19-12-7-10(14(16)20)6-11(8-12)15(17)21/h2-9,19H,1H3,(H2,16,20)(H2,17,21). The number of nitrogens with one attached hydrogen (secondary N) is 1. The maximum absolute atomic E-state index is 11.3. The fourth-order valence-corrected chi connectivity index (χ4v) is 1.95. The van der Waals surface area contributed by atoms with Gasteiger partial charge in [0.25, 0.3) is 0 Å². The molecule has 0 spiro atoms. The Bertz CT molecular complexity index is 638. The summed E-state index contributed by atoms with van der Waals surface area (Å²) in [4.78, 5) is 26.9. The van der Waals surface area contributed by atoms with Crippen LogP contribution in [0.25, 0.3) is 0 Å². The number of hydrogen-bond acceptors (Lipinski definition) is 4. The molecule has 0 aliphatic carbocycles. The maximum atomic E-state index is 11.3. The Morgan fingerprint density at radius 2 is 1.71 bits per heavy atom. The molecule has 0 saturated carbocycles. The highest BCUT2D eigenvalue weighted by Gasteiger charge is 2.12. The van der Waals surface area contributed by atoms with Crippen molar-refractivity contribution in [2.75, 3.05) is 5.32 Å². The van der Waals surface area contributed by atoms with Gasteiger partial charge in [-0.1, -0.05) is 6.07 Å². The highest BCUT2D eigenvalue weighted by atomic mass is 16.1. The molecule has 1 unspecified atom stereocenters. The van der Waals surface area contributed by atoms with E-state index >= 15 is 0 Å². The topological polar surface area (TPSA) is 111 Å². The molecule has 0 bridgehead atoms. The van der Waals surface area contributed by atoms with Crippen molar-refractivity contribution in [3.8, 4) is 0 Å². The van der Waals surface area contributed by atoms with Crippen LogP contribution in [-0.4, -0.2) is 16.8 Å². The number of benzene rings is 1. The van der Waals surface area contributed by atoms with Crippen LogP contribution in [0, 0.1) is 0 Å². The Kier molecular flexibility index (Phi) is 4.18. The van der Waals surface area contributed by atoms with Crippen molar-refractivity contribution in [2.45, 2.75) is 13.0 Å². The first-order valence-electron chi connectivity index (χ1n) is 6.39. The first-order chi connectivity index (χ1) is 9.97. The van der Waals surface area contributed by atoms with Crippen LogP contribution in [0.15, 0.2) is 42.6 Å². The summed E-state index contributed by atoms with van der Waals surface area (Å²) < 4.78 is 0. The number of carbonyl (C=O) groups excluding carboxylic acids is 2. The smallest absolute Gasteiger partial charge is 0.248 e. The van der Waals surface area contributed by atoms with Crippen LogP contribution in [0.5, 0.6) is 0 Å². The lowest BCUT2D eigenvalue weighted by Gasteiger charge is -2.16. The van der Waals surface area contributed by atoms with Crippen molar-refractivity contribution in [3.05, 3.63) is 59.4 Å². The molecule has 6 heteroatoms. The quantitative estimate of drug-likeness (QED) is 0.771. The van der Waals surface area contributed by atoms with E-state index in [-0.39, 0.29) is 17.2 Å². The minimum Gasteiger partial charge on any atom is -0.377 e. The lowest BCUT2D eigenvalue weighted by atomic mass is 10.1. The molecule has 0 radical (unpaired) electrons. The van der Waals surface area contributed by atoms with Gasteiger partial charge in [0, 0.05) is 23.0 Å². The van der Waals surface area contributed by atoms with Gasteiger partial charge in [0.1, 0.15) is 0 Å². The van der Waals surface area contributed by atoms with Crippen LogP contribution >= 0.6 is 0 Å². The molecule has 5 N–H and O–H groups in total. The van der Waals surface area contributed by atoms with Crippen LogP contribution in [-0.2, 0) is 0 Å². The molecule has 0 saturated heterocycles. The van der Waals surface area contributed by atoms with Gasteiger partial charge in [0.15, 0.2) is 0 Å². The molecule has 1 heterocycles. The Hall–Kier alpha value is -2.89. The third-order valence-electron chi connectivity index (χ3n) is 3.02. The highest BCUT2D eigenvalue weighted by molar-refractivity contribution is 5.99. The number of anilines is 1. The Labute approximate surface area is 122 Å². The number of nitrogens with zero attached hydrogens (tertiary/aromatic N) is 1. The van der Waals surface area contributed by atoms with Crippen LogP contribution in [0.3, 0.4) is 0 Å². The summed E-state index contributed by atoms with van der Waals surface area (Å²) in [5.74, 6) is -1.24. The molecule has 1 aromatic heterocycles. The van der Waals surface area contributed by atoms with Crippen molar-refractivity contribution in [1.82, 2.24) is 4.98 Å². The number of hydrogen-bond donors (Lipinski definition) is 3. The molecule has 1 atom stereocenters. The lowest BCUT2D eigenvalue weighted by Crippen LogP contribution is -2.17. The minimum absolute atomic E-state index is 0.102. The van der Waals surface area contributed by atoms with Gasteiger partial charge >= 0.3 is 0 Å². The molecule has 1 aromatic carbocycles. The first kappa shape index (κ1) is 14.5. The molecule has 0 fully saturated rings. The molecule has 2 rings (SSSR count). The summed E-state index contributed by atoms with van der Waals surface area (Å²) in [6.07, 6.45) is 1.70. The molecular formula is C15H16N4O2. The van der Waals surface area contributed by atoms with Crippen LogP contribution in [0.2, 0.25) is 0 Å². The predicted octanol–water partition coefficient (Wildman–Crippen LogP) is 1.45. The van der Waals surface area contributed by atoms with E-state index in [9.17, 15) is 9.59 Å². The predicted molar refractivity (Wildman–Crippen MR) is 79.8 cm³/mol. The molecular weight excluding hydrogens is 268 g/mol. The van der Waals surface area contributed by atoms with Gasteiger partial charge in [0.2, 0.25) is 11.8 Å². The maximum Gasteiger partial charge on any atom is 0.248 e. The average molecular weight is 284 g/mol. The fourth-order valence-electron chi connectivity index (χ4n) is 1.95. The molecule has 21 heavy (non-hydrogen) atoms. The van der Waals surface area contributed by atoms with Crippen molar-refractivity contribution in [3.63, 3.8) is 0 Å². The van der Waals surface area contributed by atoms with E-state index in [4.69, 9.17) is 11.5 Å². The summed E-state index contributed by atoms with van der Waals surface area (Å²) in [5, 5.41) is 3.17. The van der Waals surface area contributed by atoms with E-state index in [1.165, 1.54) is 6.07 Å². The normalized spacial score (nSPS) is 11.7. The van der Waals surface area contributed by atoms with Crippen LogP contribution < -0.4 is 16.8 Å². The number of primary amides is 2. The Balaban J connectivity index is 2.31. The largest absolute Gasteiger partial charge is 0.377 e. The van der Waals surface area contributed by atoms with Gasteiger partial charge in [-0.15, -0.1) is 0 Å². The number of nitrogens with two attached hydrogens (primary N) is 2. The molecule has 0 aliphatic rings. The second-order valence-electron chi connectivity index (χ2n) is 4.65. The summed E-state index contributed by atoms with van der Waals surface area (Å²) in [7, 11) is 0. The van der Waals surface area contributed by atoms with Gasteiger partial charge in [-0.05, 0) is 37.3 Å². The third-order valence-corrected chi connectivity index (χ3v) is 3.02. The monoisotopic (exact) mass is 284 g/mol. The number of amides is 2. The third kappa shape index (κ3) is 3.56. The number of rotatable bonds is 5. The average Bonchev–Trinajstić information content (AvgIpc) is 2.47. The molecule has 2 aromatic rings. The van der Waals surface area contributed by atoms with E-state index in [2.05, 4.69) is 10.3 Å². The molecule has 0 aliphatic heterocycles. The van der Waals surface area contributed by atoms with Crippen molar-refractivity contribution in [2.24, 2.45) is 11.5 Å². The van der Waals surface area contributed by atoms with E-state index < -0.39 is 11.8 Å². The van der Waals surface area contributed by atoms with E-state index in [1.54, 1.807) is 18.3 Å². The zero-order chi connectivity index (χ0) is 15.4. The lowest BCUT2D eigenvalue weighted by molar-refractivity contribution is 0.0999. The number of aromatic nitrogens is 1. The van der Waals surface area contributed by atoms with Crippen molar-refractivity contribution < 1.29 is 9.59 Å². The molecule has 2 amide bonds. The summed E-state index contributed by atoms with van der Waals surface area (Å²) in [5.41, 5.74) is 12.4. The Morgan fingerprint density at radius 3 is 2.19 bits per heavy atom. The summed E-state index contributed by atoms with van der Waals surface area (Å²) in [6, 6.07) is 10.0. The minimum atomic E-state index is -0.619. The van der Waals surface area contributed by atoms with E-state index in [1.807, 2.05) is 25.1 Å². The molecule has 6 nitrogen and oxygen atoms in total. The van der Waals surface area contributed by atoms with E-state index in [0.717, 1.165) is 5.69 Å². The SMILES string of the molecule is CC(Nc1cc(C(N)=O)cc(C(N)=O)c1)c1ccccn1. The van der Waals surface area contributed by atoms with Crippen LogP contribution in [0.4, 0.5) is 5.69 Å². The zero-order valence-electron chi connectivity index (χ0n) is 11.5. The fraction of sp³-hybridized carbons (Fsp3) is 0.133. The van der Waals surface area contributed by atoms with Gasteiger partial charge < -0.3 is 16.8 Å². The van der Waals surface area contributed by atoms with Crippen molar-refractivity contribution >= 4 is 17.5 Å². The van der Waals surface area contributed by atoms with Crippen LogP contribution in [0.1, 0.15) is 39.4 Å². The van der Waals surface area contributed by atoms with Gasteiger partial charge in [-0.2, -0.15) is 0 Å². The van der Waals surface area contributed by atoms with Gasteiger partial charge in [0.05, 0.1) is 11.7 Å².